The molecule has 3 nitrogen and oxygen atoms in total. The Hall–Kier alpha value is -1.57. The smallest absolute Gasteiger partial charge is 0.232 e. The number of nitriles is 1. The fourth-order valence-electron chi connectivity index (χ4n) is 2.16. The van der Waals surface area contributed by atoms with Gasteiger partial charge in [-0.25, -0.2) is 4.68 Å². The zero-order valence-electron chi connectivity index (χ0n) is 12.6. The summed E-state index contributed by atoms with van der Waals surface area (Å²) >= 11 is 11.2. The van der Waals surface area contributed by atoms with E-state index in [0.717, 1.165) is 4.68 Å². The van der Waals surface area contributed by atoms with E-state index in [1.165, 1.54) is 13.0 Å². The monoisotopic (exact) mass is 433 g/mol. The molecule has 26 heavy (non-hydrogen) atoms. The predicted octanol–water partition coefficient (Wildman–Crippen LogP) is 6.24. The molecule has 12 heteroatoms. The lowest BCUT2D eigenvalue weighted by Crippen LogP contribution is -2.09. The Labute approximate surface area is 157 Å². The lowest BCUT2D eigenvalue weighted by molar-refractivity contribution is -0.137. The first-order valence-corrected chi connectivity index (χ1v) is 8.30. The number of alkyl halides is 6. The van der Waals surface area contributed by atoms with Crippen LogP contribution in [0.4, 0.5) is 26.3 Å². The lowest BCUT2D eigenvalue weighted by Gasteiger charge is -2.14. The van der Waals surface area contributed by atoms with Crippen molar-refractivity contribution in [3.8, 4) is 11.8 Å². The van der Waals surface area contributed by atoms with Gasteiger partial charge in [0.2, 0.25) is 0 Å². The molecule has 0 amide bonds. The first-order chi connectivity index (χ1) is 11.9. The Morgan fingerprint density at radius 1 is 1.15 bits per heavy atom. The Kier molecular flexibility index (Phi) is 5.75. The van der Waals surface area contributed by atoms with Crippen LogP contribution in [0.15, 0.2) is 17.0 Å². The maximum Gasteiger partial charge on any atom is 0.446 e. The molecule has 0 unspecified atom stereocenters. The third-order valence-electron chi connectivity index (χ3n) is 3.15. The summed E-state index contributed by atoms with van der Waals surface area (Å²) in [5.74, 6) is 0. The van der Waals surface area contributed by atoms with Crippen molar-refractivity contribution in [2.24, 2.45) is 0 Å². The van der Waals surface area contributed by atoms with Gasteiger partial charge in [0.1, 0.15) is 11.8 Å². The summed E-state index contributed by atoms with van der Waals surface area (Å²) in [6.07, 6.45) is -4.71. The van der Waals surface area contributed by atoms with Crippen LogP contribution >= 0.6 is 35.0 Å². The van der Waals surface area contributed by atoms with Gasteiger partial charge in [-0.3, -0.25) is 0 Å². The van der Waals surface area contributed by atoms with Crippen LogP contribution in [0.1, 0.15) is 23.9 Å². The summed E-state index contributed by atoms with van der Waals surface area (Å²) in [7, 11) is 0. The molecule has 1 aromatic heterocycles. The molecular weight excluding hydrogens is 427 g/mol. The minimum absolute atomic E-state index is 0.000767. The van der Waals surface area contributed by atoms with Crippen LogP contribution in [0.3, 0.4) is 0 Å². The van der Waals surface area contributed by atoms with Gasteiger partial charge in [-0.1, -0.05) is 30.1 Å². The molecule has 0 radical (unpaired) electrons. The highest BCUT2D eigenvalue weighted by atomic mass is 35.5. The number of thioether (sulfide) groups is 1. The van der Waals surface area contributed by atoms with Gasteiger partial charge in [0.05, 0.1) is 26.2 Å². The van der Waals surface area contributed by atoms with Crippen LogP contribution in [0.2, 0.25) is 10.0 Å². The second kappa shape index (κ2) is 7.21. The van der Waals surface area contributed by atoms with E-state index >= 15 is 0 Å². The second-order valence-corrected chi connectivity index (χ2v) is 6.73. The van der Waals surface area contributed by atoms with E-state index in [1.54, 1.807) is 0 Å². The SMILES string of the molecule is CCc1c(SC(F)(F)F)c(C#N)nn1-c1c(Cl)cc(C(F)(F)F)cc1Cl. The fraction of sp³-hybridized carbons (Fsp3) is 0.286. The highest BCUT2D eigenvalue weighted by Crippen LogP contribution is 2.43. The molecule has 2 aromatic rings. The normalized spacial score (nSPS) is 12.3. The topological polar surface area (TPSA) is 41.6 Å². The third kappa shape index (κ3) is 4.22. The molecule has 0 saturated carbocycles. The molecular formula is C14H7Cl2F6N3S. The van der Waals surface area contributed by atoms with E-state index in [0.29, 0.717) is 12.1 Å². The maximum absolute atomic E-state index is 12.8. The first-order valence-electron chi connectivity index (χ1n) is 6.73. The van der Waals surface area contributed by atoms with Crippen molar-refractivity contribution in [3.05, 3.63) is 39.1 Å². The molecule has 2 rings (SSSR count). The van der Waals surface area contributed by atoms with E-state index in [4.69, 9.17) is 28.5 Å². The Balaban J connectivity index is 2.72. The number of benzene rings is 1. The predicted molar refractivity (Wildman–Crippen MR) is 84.6 cm³/mol. The summed E-state index contributed by atoms with van der Waals surface area (Å²) in [5.41, 5.74) is -6.61. The van der Waals surface area contributed by atoms with Gasteiger partial charge in [-0.05, 0) is 30.3 Å². The Morgan fingerprint density at radius 3 is 2.08 bits per heavy atom. The fourth-order valence-corrected chi connectivity index (χ4v) is 3.57. The average molecular weight is 434 g/mol. The molecule has 0 atom stereocenters. The van der Waals surface area contributed by atoms with Crippen molar-refractivity contribution >= 4 is 35.0 Å². The van der Waals surface area contributed by atoms with Crippen LogP contribution in [0.5, 0.6) is 0 Å². The zero-order chi connectivity index (χ0) is 19.9. The Morgan fingerprint density at radius 2 is 1.69 bits per heavy atom. The summed E-state index contributed by atoms with van der Waals surface area (Å²) < 4.78 is 77.7. The molecule has 0 aliphatic carbocycles. The van der Waals surface area contributed by atoms with E-state index < -0.39 is 49.6 Å². The summed E-state index contributed by atoms with van der Waals surface area (Å²) in [4.78, 5) is -0.450. The van der Waals surface area contributed by atoms with Gasteiger partial charge in [-0.2, -0.15) is 36.7 Å². The first kappa shape index (κ1) is 20.7. The summed E-state index contributed by atoms with van der Waals surface area (Å²) in [6, 6.07) is 2.72. The van der Waals surface area contributed by atoms with Crippen LogP contribution in [-0.4, -0.2) is 15.3 Å². The third-order valence-corrected chi connectivity index (χ3v) is 4.59. The van der Waals surface area contributed by atoms with E-state index in [2.05, 4.69) is 5.10 Å². The molecule has 0 bridgehead atoms. The molecule has 0 saturated heterocycles. The van der Waals surface area contributed by atoms with E-state index in [9.17, 15) is 26.3 Å². The average Bonchev–Trinajstić information content (AvgIpc) is 2.81. The standard InChI is InChI=1S/C14H7Cl2F6N3S/c1-2-10-12(26-14(20,21)22)9(5-23)24-25(10)11-7(15)3-6(4-8(11)16)13(17,18)19/h3-4H,2H2,1H3. The number of rotatable bonds is 3. The number of aromatic nitrogens is 2. The summed E-state index contributed by atoms with van der Waals surface area (Å²) in [6.45, 7) is 1.50. The lowest BCUT2D eigenvalue weighted by atomic mass is 10.2. The van der Waals surface area contributed by atoms with Gasteiger partial charge in [0.25, 0.3) is 0 Å². The minimum Gasteiger partial charge on any atom is -0.232 e. The van der Waals surface area contributed by atoms with E-state index in [-0.39, 0.29) is 17.8 Å². The van der Waals surface area contributed by atoms with Crippen molar-refractivity contribution in [1.29, 1.82) is 5.26 Å². The van der Waals surface area contributed by atoms with Crippen LogP contribution in [0, 0.1) is 11.3 Å². The van der Waals surface area contributed by atoms with Gasteiger partial charge < -0.3 is 0 Å². The van der Waals surface area contributed by atoms with Crippen molar-refractivity contribution in [2.75, 3.05) is 0 Å². The van der Waals surface area contributed by atoms with Crippen molar-refractivity contribution in [3.63, 3.8) is 0 Å². The molecule has 0 fully saturated rings. The summed E-state index contributed by atoms with van der Waals surface area (Å²) in [5, 5.41) is 11.9. The molecule has 0 N–H and O–H groups in total. The maximum atomic E-state index is 12.8. The van der Waals surface area contributed by atoms with Gasteiger partial charge >= 0.3 is 11.7 Å². The van der Waals surface area contributed by atoms with E-state index in [1.807, 2.05) is 0 Å². The van der Waals surface area contributed by atoms with Crippen LogP contribution in [-0.2, 0) is 12.6 Å². The Bertz CT molecular complexity index is 860. The van der Waals surface area contributed by atoms with Crippen molar-refractivity contribution < 1.29 is 26.3 Å². The van der Waals surface area contributed by atoms with Crippen LogP contribution in [0.25, 0.3) is 5.69 Å². The number of hydrogen-bond donors (Lipinski definition) is 0. The minimum atomic E-state index is -4.71. The van der Waals surface area contributed by atoms with Gasteiger partial charge in [0.15, 0.2) is 5.69 Å². The van der Waals surface area contributed by atoms with Crippen molar-refractivity contribution in [2.45, 2.75) is 29.9 Å². The molecule has 1 heterocycles. The largest absolute Gasteiger partial charge is 0.446 e. The molecule has 0 aliphatic rings. The molecule has 0 spiro atoms. The zero-order valence-corrected chi connectivity index (χ0v) is 15.0. The van der Waals surface area contributed by atoms with Crippen LogP contribution < -0.4 is 0 Å². The molecule has 1 aromatic carbocycles. The van der Waals surface area contributed by atoms with Crippen molar-refractivity contribution in [1.82, 2.24) is 9.78 Å². The van der Waals surface area contributed by atoms with Gasteiger partial charge in [0, 0.05) is 0 Å². The number of nitrogens with zero attached hydrogens (tertiary/aromatic N) is 3. The highest BCUT2D eigenvalue weighted by Gasteiger charge is 2.36. The highest BCUT2D eigenvalue weighted by molar-refractivity contribution is 8.00. The quantitative estimate of drug-likeness (QED) is 0.424. The number of hydrogen-bond acceptors (Lipinski definition) is 3. The number of halogens is 8. The second-order valence-electron chi connectivity index (χ2n) is 4.84. The molecule has 0 aliphatic heterocycles. The van der Waals surface area contributed by atoms with Gasteiger partial charge in [-0.15, -0.1) is 0 Å². The molecule has 140 valence electrons.